The summed E-state index contributed by atoms with van der Waals surface area (Å²) in [6, 6.07) is 12.5. The lowest BCUT2D eigenvalue weighted by molar-refractivity contribution is 0.673. The Morgan fingerprint density at radius 2 is 2.15 bits per heavy atom. The highest BCUT2D eigenvalue weighted by atomic mass is 32.2. The molecule has 0 spiro atoms. The van der Waals surface area contributed by atoms with E-state index in [1.54, 1.807) is 33.7 Å². The van der Waals surface area contributed by atoms with E-state index in [1.807, 2.05) is 22.9 Å². The molecule has 0 aliphatic carbocycles. The van der Waals surface area contributed by atoms with Gasteiger partial charge in [-0.05, 0) is 23.9 Å². The van der Waals surface area contributed by atoms with Gasteiger partial charge in [-0.3, -0.25) is 9.36 Å². The Morgan fingerprint density at radius 3 is 2.89 bits per heavy atom. The zero-order valence-electron chi connectivity index (χ0n) is 14.8. The quantitative estimate of drug-likeness (QED) is 0.223. The summed E-state index contributed by atoms with van der Waals surface area (Å²) in [6.07, 6.45) is 1.75. The van der Waals surface area contributed by atoms with E-state index in [0.717, 1.165) is 26.2 Å². The molecule has 0 radical (unpaired) electrons. The van der Waals surface area contributed by atoms with Crippen molar-refractivity contribution < 1.29 is 0 Å². The van der Waals surface area contributed by atoms with Gasteiger partial charge in [-0.15, -0.1) is 29.3 Å². The molecule has 0 fully saturated rings. The van der Waals surface area contributed by atoms with Crippen LogP contribution in [0.5, 0.6) is 0 Å². The standard InChI is InChI=1S/C21H18N2OS3/c1-3-9-23-20(24)18-16(17-8-5-10-25-17)13-26-19(18)22-21(23)27-12-15-7-4-6-14(2)11-15/h3-8,10-11,13H,1,9,12H2,2H3. The van der Waals surface area contributed by atoms with E-state index in [9.17, 15) is 4.79 Å². The lowest BCUT2D eigenvalue weighted by Crippen LogP contribution is -2.22. The van der Waals surface area contributed by atoms with Crippen LogP contribution in [0.2, 0.25) is 0 Å². The predicted octanol–water partition coefficient (Wildman–Crippen LogP) is 5.97. The zero-order valence-corrected chi connectivity index (χ0v) is 17.3. The van der Waals surface area contributed by atoms with Crippen molar-refractivity contribution in [2.45, 2.75) is 24.4 Å². The number of aromatic nitrogens is 2. The predicted molar refractivity (Wildman–Crippen MR) is 118 cm³/mol. The van der Waals surface area contributed by atoms with Crippen LogP contribution in [0.4, 0.5) is 0 Å². The lowest BCUT2D eigenvalue weighted by atomic mass is 10.2. The monoisotopic (exact) mass is 410 g/mol. The molecule has 0 aliphatic rings. The normalized spacial score (nSPS) is 11.1. The number of benzene rings is 1. The number of thiophene rings is 2. The molecule has 0 aliphatic heterocycles. The number of nitrogens with zero attached hydrogens (tertiary/aromatic N) is 2. The van der Waals surface area contributed by atoms with Gasteiger partial charge in [-0.25, -0.2) is 4.98 Å². The molecule has 4 aromatic rings. The smallest absolute Gasteiger partial charge is 0.263 e. The van der Waals surface area contributed by atoms with E-state index >= 15 is 0 Å². The first-order chi connectivity index (χ1) is 13.2. The average Bonchev–Trinajstić information content (AvgIpc) is 3.32. The van der Waals surface area contributed by atoms with Crippen LogP contribution in [-0.2, 0) is 12.3 Å². The Kier molecular flexibility index (Phi) is 5.29. The summed E-state index contributed by atoms with van der Waals surface area (Å²) in [5.41, 5.74) is 3.45. The number of hydrogen-bond donors (Lipinski definition) is 0. The van der Waals surface area contributed by atoms with Gasteiger partial charge in [0.2, 0.25) is 0 Å². The van der Waals surface area contributed by atoms with Crippen LogP contribution in [0.3, 0.4) is 0 Å². The van der Waals surface area contributed by atoms with Gasteiger partial charge in [0, 0.05) is 28.1 Å². The molecule has 1 aromatic carbocycles. The van der Waals surface area contributed by atoms with E-state index in [2.05, 4.69) is 37.8 Å². The van der Waals surface area contributed by atoms with Gasteiger partial charge >= 0.3 is 0 Å². The molecule has 0 saturated carbocycles. The summed E-state index contributed by atoms with van der Waals surface area (Å²) in [5, 5.41) is 5.52. The van der Waals surface area contributed by atoms with Crippen molar-refractivity contribution in [1.29, 1.82) is 0 Å². The molecule has 3 nitrogen and oxygen atoms in total. The Bertz CT molecular complexity index is 1160. The van der Waals surface area contributed by atoms with Gasteiger partial charge in [0.15, 0.2) is 5.16 Å². The number of fused-ring (bicyclic) bond motifs is 1. The Morgan fingerprint density at radius 1 is 1.26 bits per heavy atom. The fraction of sp³-hybridized carbons (Fsp3) is 0.143. The van der Waals surface area contributed by atoms with E-state index in [-0.39, 0.29) is 5.56 Å². The van der Waals surface area contributed by atoms with Crippen LogP contribution in [0.25, 0.3) is 20.7 Å². The minimum atomic E-state index is 0.0105. The van der Waals surface area contributed by atoms with Gasteiger partial charge in [-0.2, -0.15) is 0 Å². The lowest BCUT2D eigenvalue weighted by Gasteiger charge is -2.11. The fourth-order valence-electron chi connectivity index (χ4n) is 2.97. The van der Waals surface area contributed by atoms with Gasteiger partial charge < -0.3 is 0 Å². The largest absolute Gasteiger partial charge is 0.283 e. The summed E-state index contributed by atoms with van der Waals surface area (Å²) in [5.74, 6) is 0.778. The van der Waals surface area contributed by atoms with Crippen LogP contribution in [0.1, 0.15) is 11.1 Å². The summed E-state index contributed by atoms with van der Waals surface area (Å²) in [6.45, 7) is 6.36. The molecule has 4 rings (SSSR count). The van der Waals surface area contributed by atoms with Gasteiger partial charge in [0.1, 0.15) is 4.83 Å². The zero-order chi connectivity index (χ0) is 18.8. The van der Waals surface area contributed by atoms with Crippen molar-refractivity contribution in [2.75, 3.05) is 0 Å². The highest BCUT2D eigenvalue weighted by Crippen LogP contribution is 2.35. The number of aryl methyl sites for hydroxylation is 1. The Labute approximate surface area is 170 Å². The first kappa shape index (κ1) is 18.2. The molecule has 0 atom stereocenters. The summed E-state index contributed by atoms with van der Waals surface area (Å²) < 4.78 is 1.74. The van der Waals surface area contributed by atoms with Crippen LogP contribution < -0.4 is 5.56 Å². The SMILES string of the molecule is C=CCn1c(SCc2cccc(C)c2)nc2scc(-c3cccs3)c2c1=O. The van der Waals surface area contributed by atoms with Gasteiger partial charge in [-0.1, -0.05) is 53.7 Å². The third-order valence-corrected chi connectivity index (χ3v) is 7.03. The second-order valence-corrected chi connectivity index (χ2v) is 8.93. The molecule has 0 bridgehead atoms. The molecule has 136 valence electrons. The van der Waals surface area contributed by atoms with Crippen molar-refractivity contribution in [3.05, 3.63) is 81.3 Å². The number of rotatable bonds is 6. The van der Waals surface area contributed by atoms with E-state index in [1.165, 1.54) is 22.5 Å². The molecular formula is C21H18N2OS3. The Balaban J connectivity index is 1.77. The summed E-state index contributed by atoms with van der Waals surface area (Å²) in [7, 11) is 0. The topological polar surface area (TPSA) is 34.9 Å². The molecular weight excluding hydrogens is 392 g/mol. The second kappa shape index (κ2) is 7.84. The van der Waals surface area contributed by atoms with Crippen molar-refractivity contribution in [3.8, 4) is 10.4 Å². The number of thioether (sulfide) groups is 1. The van der Waals surface area contributed by atoms with Crippen molar-refractivity contribution in [2.24, 2.45) is 0 Å². The van der Waals surface area contributed by atoms with Crippen LogP contribution in [0.15, 0.2) is 69.8 Å². The van der Waals surface area contributed by atoms with E-state index in [0.29, 0.717) is 11.9 Å². The molecule has 0 unspecified atom stereocenters. The number of allylic oxidation sites excluding steroid dienone is 1. The highest BCUT2D eigenvalue weighted by molar-refractivity contribution is 7.98. The number of hydrogen-bond acceptors (Lipinski definition) is 5. The minimum absolute atomic E-state index is 0.0105. The third-order valence-electron chi connectivity index (χ3n) is 4.21. The van der Waals surface area contributed by atoms with E-state index < -0.39 is 0 Å². The van der Waals surface area contributed by atoms with Crippen LogP contribution in [0, 0.1) is 6.92 Å². The second-order valence-electron chi connectivity index (χ2n) is 6.18. The average molecular weight is 411 g/mol. The molecule has 6 heteroatoms. The third kappa shape index (κ3) is 3.65. The Hall–Kier alpha value is -2.15. The van der Waals surface area contributed by atoms with Crippen LogP contribution >= 0.6 is 34.4 Å². The fourth-order valence-corrected chi connectivity index (χ4v) is 5.72. The molecule has 0 amide bonds. The van der Waals surface area contributed by atoms with Crippen molar-refractivity contribution >= 4 is 44.7 Å². The molecule has 3 aromatic heterocycles. The maximum atomic E-state index is 13.3. The maximum Gasteiger partial charge on any atom is 0.263 e. The molecule has 0 saturated heterocycles. The van der Waals surface area contributed by atoms with Gasteiger partial charge in [0.05, 0.1) is 5.39 Å². The molecule has 27 heavy (non-hydrogen) atoms. The highest BCUT2D eigenvalue weighted by Gasteiger charge is 2.17. The van der Waals surface area contributed by atoms with Crippen LogP contribution in [-0.4, -0.2) is 9.55 Å². The molecule has 3 heterocycles. The maximum absolute atomic E-state index is 13.3. The van der Waals surface area contributed by atoms with E-state index in [4.69, 9.17) is 4.98 Å². The minimum Gasteiger partial charge on any atom is -0.283 e. The first-order valence-electron chi connectivity index (χ1n) is 8.52. The first-order valence-corrected chi connectivity index (χ1v) is 11.3. The van der Waals surface area contributed by atoms with Crippen molar-refractivity contribution in [1.82, 2.24) is 9.55 Å². The van der Waals surface area contributed by atoms with Gasteiger partial charge in [0.25, 0.3) is 5.56 Å². The van der Waals surface area contributed by atoms with Crippen molar-refractivity contribution in [3.63, 3.8) is 0 Å². The summed E-state index contributed by atoms with van der Waals surface area (Å²) in [4.78, 5) is 20.0. The summed E-state index contributed by atoms with van der Waals surface area (Å²) >= 11 is 4.77. The molecule has 0 N–H and O–H groups in total.